The fourth-order valence-corrected chi connectivity index (χ4v) is 2.92. The first-order valence-corrected chi connectivity index (χ1v) is 8.80. The lowest BCUT2D eigenvalue weighted by Gasteiger charge is -2.17. The third-order valence-electron chi connectivity index (χ3n) is 4.43. The molecule has 3 rings (SSSR count). The topological polar surface area (TPSA) is 87.7 Å². The number of nitrogens with zero attached hydrogens (tertiary/aromatic N) is 1. The molecule has 1 aliphatic rings. The Morgan fingerprint density at radius 1 is 1.00 bits per heavy atom. The second-order valence-electron chi connectivity index (χ2n) is 6.22. The number of benzene rings is 2. The van der Waals surface area contributed by atoms with E-state index in [4.69, 9.17) is 4.74 Å². The van der Waals surface area contributed by atoms with Crippen LogP contribution in [0.25, 0.3) is 5.70 Å². The molecule has 2 aromatic rings. The van der Waals surface area contributed by atoms with Gasteiger partial charge in [-0.25, -0.2) is 0 Å². The SMILES string of the molecule is C=C1c2ccccc2C(=O)N1CC(=O)NCCNC(=O)c1ccc(OC)cc1. The van der Waals surface area contributed by atoms with Gasteiger partial charge in [0.15, 0.2) is 0 Å². The number of methoxy groups -OCH3 is 1. The van der Waals surface area contributed by atoms with Gasteiger partial charge in [0.25, 0.3) is 11.8 Å². The average molecular weight is 379 g/mol. The smallest absolute Gasteiger partial charge is 0.259 e. The normalized spacial score (nSPS) is 12.5. The highest BCUT2D eigenvalue weighted by molar-refractivity contribution is 6.10. The molecule has 0 fully saturated rings. The maximum atomic E-state index is 12.4. The predicted molar refractivity (Wildman–Crippen MR) is 105 cm³/mol. The molecule has 0 unspecified atom stereocenters. The first kappa shape index (κ1) is 19.2. The van der Waals surface area contributed by atoms with Gasteiger partial charge >= 0.3 is 0 Å². The summed E-state index contributed by atoms with van der Waals surface area (Å²) in [4.78, 5) is 37.9. The lowest BCUT2D eigenvalue weighted by Crippen LogP contribution is -2.40. The van der Waals surface area contributed by atoms with Gasteiger partial charge in [0, 0.05) is 35.5 Å². The van der Waals surface area contributed by atoms with Crippen molar-refractivity contribution in [1.29, 1.82) is 0 Å². The van der Waals surface area contributed by atoms with Crippen molar-refractivity contribution in [2.45, 2.75) is 0 Å². The molecule has 2 aromatic carbocycles. The molecular weight excluding hydrogens is 358 g/mol. The minimum absolute atomic E-state index is 0.112. The molecule has 1 heterocycles. The van der Waals surface area contributed by atoms with E-state index in [2.05, 4.69) is 17.2 Å². The molecular formula is C21H21N3O4. The summed E-state index contributed by atoms with van der Waals surface area (Å²) in [5.74, 6) is -0.121. The van der Waals surface area contributed by atoms with E-state index in [-0.39, 0.29) is 37.4 Å². The Kier molecular flexibility index (Phi) is 5.74. The lowest BCUT2D eigenvalue weighted by molar-refractivity contribution is -0.121. The van der Waals surface area contributed by atoms with Crippen LogP contribution in [0.15, 0.2) is 55.1 Å². The Morgan fingerprint density at radius 3 is 2.29 bits per heavy atom. The van der Waals surface area contributed by atoms with Crippen LogP contribution in [-0.2, 0) is 4.79 Å². The van der Waals surface area contributed by atoms with E-state index < -0.39 is 0 Å². The van der Waals surface area contributed by atoms with E-state index in [0.717, 1.165) is 5.56 Å². The van der Waals surface area contributed by atoms with Gasteiger partial charge in [-0.15, -0.1) is 0 Å². The maximum absolute atomic E-state index is 12.4. The van der Waals surface area contributed by atoms with Gasteiger partial charge in [-0.1, -0.05) is 24.8 Å². The minimum atomic E-state index is -0.319. The summed E-state index contributed by atoms with van der Waals surface area (Å²) in [5, 5.41) is 5.42. The Morgan fingerprint density at radius 2 is 1.64 bits per heavy atom. The molecule has 0 radical (unpaired) electrons. The summed E-state index contributed by atoms with van der Waals surface area (Å²) in [5.41, 5.74) is 2.31. The van der Waals surface area contributed by atoms with Gasteiger partial charge < -0.3 is 15.4 Å². The van der Waals surface area contributed by atoms with Crippen LogP contribution >= 0.6 is 0 Å². The van der Waals surface area contributed by atoms with Crippen molar-refractivity contribution in [2.24, 2.45) is 0 Å². The standard InChI is InChI=1S/C21H21N3O4/c1-14-17-5-3-4-6-18(17)21(27)24(14)13-19(25)22-11-12-23-20(26)15-7-9-16(28-2)10-8-15/h3-10H,1,11-13H2,2H3,(H,22,25)(H,23,26). The number of ether oxygens (including phenoxy) is 1. The summed E-state index contributed by atoms with van der Waals surface area (Å²) < 4.78 is 5.05. The summed E-state index contributed by atoms with van der Waals surface area (Å²) in [7, 11) is 1.56. The number of carbonyl (C=O) groups is 3. The van der Waals surface area contributed by atoms with E-state index in [1.165, 1.54) is 4.90 Å². The zero-order valence-electron chi connectivity index (χ0n) is 15.5. The maximum Gasteiger partial charge on any atom is 0.259 e. The second kappa shape index (κ2) is 8.39. The molecule has 0 atom stereocenters. The van der Waals surface area contributed by atoms with Crippen LogP contribution in [0.1, 0.15) is 26.3 Å². The van der Waals surface area contributed by atoms with Gasteiger partial charge in [0.2, 0.25) is 5.91 Å². The van der Waals surface area contributed by atoms with Crippen molar-refractivity contribution in [3.63, 3.8) is 0 Å². The molecule has 0 saturated heterocycles. The number of fused-ring (bicyclic) bond motifs is 1. The number of carbonyl (C=O) groups excluding carboxylic acids is 3. The Balaban J connectivity index is 1.43. The summed E-state index contributed by atoms with van der Waals surface area (Å²) in [6, 6.07) is 13.9. The summed E-state index contributed by atoms with van der Waals surface area (Å²) in [6.45, 7) is 4.31. The highest BCUT2D eigenvalue weighted by atomic mass is 16.5. The minimum Gasteiger partial charge on any atom is -0.497 e. The molecule has 28 heavy (non-hydrogen) atoms. The van der Waals surface area contributed by atoms with Crippen LogP contribution in [0.5, 0.6) is 5.75 Å². The summed E-state index contributed by atoms with van der Waals surface area (Å²) >= 11 is 0. The molecule has 0 aliphatic carbocycles. The molecule has 0 saturated carbocycles. The number of nitrogens with one attached hydrogen (secondary N) is 2. The fraction of sp³-hybridized carbons (Fsp3) is 0.190. The number of amides is 3. The van der Waals surface area contributed by atoms with Crippen molar-refractivity contribution in [3.05, 3.63) is 71.8 Å². The molecule has 144 valence electrons. The van der Waals surface area contributed by atoms with Gasteiger partial charge in [-0.3, -0.25) is 19.3 Å². The zero-order chi connectivity index (χ0) is 20.1. The van der Waals surface area contributed by atoms with E-state index in [1.54, 1.807) is 43.5 Å². The van der Waals surface area contributed by atoms with E-state index in [1.807, 2.05) is 12.1 Å². The monoisotopic (exact) mass is 379 g/mol. The third-order valence-corrected chi connectivity index (χ3v) is 4.43. The molecule has 7 nitrogen and oxygen atoms in total. The lowest BCUT2D eigenvalue weighted by atomic mass is 10.1. The van der Waals surface area contributed by atoms with Crippen LogP contribution in [0, 0.1) is 0 Å². The quantitative estimate of drug-likeness (QED) is 0.717. The van der Waals surface area contributed by atoms with Crippen molar-refractivity contribution in [1.82, 2.24) is 15.5 Å². The van der Waals surface area contributed by atoms with E-state index in [9.17, 15) is 14.4 Å². The molecule has 0 bridgehead atoms. The molecule has 3 amide bonds. The van der Waals surface area contributed by atoms with Crippen LogP contribution < -0.4 is 15.4 Å². The third kappa shape index (κ3) is 4.03. The van der Waals surface area contributed by atoms with Gasteiger partial charge in [0.05, 0.1) is 7.11 Å². The second-order valence-corrected chi connectivity index (χ2v) is 6.22. The van der Waals surface area contributed by atoms with Crippen molar-refractivity contribution in [3.8, 4) is 5.75 Å². The summed E-state index contributed by atoms with van der Waals surface area (Å²) in [6.07, 6.45) is 0. The predicted octanol–water partition coefficient (Wildman–Crippen LogP) is 1.67. The van der Waals surface area contributed by atoms with Gasteiger partial charge in [0.1, 0.15) is 12.3 Å². The van der Waals surface area contributed by atoms with Gasteiger partial charge in [-0.05, 0) is 30.3 Å². The van der Waals surface area contributed by atoms with Crippen LogP contribution in [0.4, 0.5) is 0 Å². The number of hydrogen-bond donors (Lipinski definition) is 2. The van der Waals surface area contributed by atoms with E-state index in [0.29, 0.717) is 22.6 Å². The molecule has 7 heteroatoms. The Hall–Kier alpha value is -3.61. The van der Waals surface area contributed by atoms with Crippen LogP contribution in [0.3, 0.4) is 0 Å². The molecule has 0 aromatic heterocycles. The van der Waals surface area contributed by atoms with Gasteiger partial charge in [-0.2, -0.15) is 0 Å². The van der Waals surface area contributed by atoms with Crippen molar-refractivity contribution < 1.29 is 19.1 Å². The first-order chi connectivity index (χ1) is 13.5. The molecule has 1 aliphatic heterocycles. The Bertz CT molecular complexity index is 887. The first-order valence-electron chi connectivity index (χ1n) is 8.80. The fourth-order valence-electron chi connectivity index (χ4n) is 2.92. The van der Waals surface area contributed by atoms with Crippen LogP contribution in [-0.4, -0.2) is 49.4 Å². The largest absolute Gasteiger partial charge is 0.497 e. The average Bonchev–Trinajstić information content (AvgIpc) is 2.96. The van der Waals surface area contributed by atoms with Crippen molar-refractivity contribution in [2.75, 3.05) is 26.7 Å². The number of hydrogen-bond acceptors (Lipinski definition) is 4. The zero-order valence-corrected chi connectivity index (χ0v) is 15.5. The highest BCUT2D eigenvalue weighted by Crippen LogP contribution is 2.30. The number of rotatable bonds is 7. The highest BCUT2D eigenvalue weighted by Gasteiger charge is 2.31. The van der Waals surface area contributed by atoms with Crippen LogP contribution in [0.2, 0.25) is 0 Å². The Labute approximate surface area is 163 Å². The molecule has 0 spiro atoms. The van der Waals surface area contributed by atoms with E-state index >= 15 is 0 Å². The van der Waals surface area contributed by atoms with Crippen molar-refractivity contribution >= 4 is 23.4 Å². The molecule has 2 N–H and O–H groups in total.